The van der Waals surface area contributed by atoms with Crippen LogP contribution in [0.25, 0.3) is 0 Å². The van der Waals surface area contributed by atoms with Gasteiger partial charge in [-0.3, -0.25) is 4.79 Å². The molecule has 1 aliphatic rings. The number of aliphatic hydroxyl groups is 9. The second-order valence-corrected chi connectivity index (χ2v) is 9.67. The highest BCUT2D eigenvalue weighted by atomic mass is 16.5. The first-order valence-corrected chi connectivity index (χ1v) is 13.6. The third kappa shape index (κ3) is 26.9. The summed E-state index contributed by atoms with van der Waals surface area (Å²) in [6.07, 6.45) is 5.75. The number of rotatable bonds is 14. The SMILES string of the molecule is C=C(C)C(=O)O.C=CC(=O)OCC(CC)CO.O=C1CCCCCO1.OCC(CO)(CO)CO.OCC(CO)(CO)CO. The first-order valence-electron chi connectivity index (χ1n) is 13.6. The fourth-order valence-electron chi connectivity index (χ4n) is 1.96. The van der Waals surface area contributed by atoms with E-state index in [0.29, 0.717) is 13.0 Å². The van der Waals surface area contributed by atoms with E-state index in [2.05, 4.69) is 13.2 Å². The molecule has 1 rings (SSSR count). The molecule has 0 aliphatic carbocycles. The van der Waals surface area contributed by atoms with Gasteiger partial charge in [-0.1, -0.05) is 20.1 Å². The zero-order valence-electron chi connectivity index (χ0n) is 25.4. The van der Waals surface area contributed by atoms with Gasteiger partial charge < -0.3 is 60.5 Å². The first-order chi connectivity index (χ1) is 20.3. The molecule has 256 valence electrons. The number of aliphatic carboxylic acids is 1. The highest BCUT2D eigenvalue weighted by Crippen LogP contribution is 2.12. The molecule has 1 unspecified atom stereocenters. The largest absolute Gasteiger partial charge is 0.478 e. The minimum absolute atomic E-state index is 0.0255. The van der Waals surface area contributed by atoms with Crippen molar-refractivity contribution >= 4 is 17.9 Å². The maximum Gasteiger partial charge on any atom is 0.330 e. The summed E-state index contributed by atoms with van der Waals surface area (Å²) in [6, 6.07) is 0. The van der Waals surface area contributed by atoms with Crippen molar-refractivity contribution < 1.29 is 74.9 Å². The highest BCUT2D eigenvalue weighted by Gasteiger charge is 2.27. The van der Waals surface area contributed by atoms with Crippen molar-refractivity contribution in [2.75, 3.05) is 72.7 Å². The van der Waals surface area contributed by atoms with E-state index in [1.807, 2.05) is 6.92 Å². The van der Waals surface area contributed by atoms with E-state index in [0.717, 1.165) is 31.8 Å². The molecule has 0 aromatic rings. The minimum Gasteiger partial charge on any atom is -0.478 e. The summed E-state index contributed by atoms with van der Waals surface area (Å²) in [5.74, 6) is -1.34. The zero-order chi connectivity index (χ0) is 34.3. The molecule has 15 nitrogen and oxygen atoms in total. The molecule has 1 aliphatic heterocycles. The molecule has 0 amide bonds. The van der Waals surface area contributed by atoms with Gasteiger partial charge in [-0.25, -0.2) is 9.59 Å². The van der Waals surface area contributed by atoms with Crippen LogP contribution in [0.3, 0.4) is 0 Å². The topological polar surface area (TPSA) is 272 Å². The summed E-state index contributed by atoms with van der Waals surface area (Å²) in [7, 11) is 0. The number of esters is 2. The number of carboxylic acids is 1. The van der Waals surface area contributed by atoms with Crippen LogP contribution in [0.2, 0.25) is 0 Å². The van der Waals surface area contributed by atoms with Crippen molar-refractivity contribution in [3.05, 3.63) is 24.8 Å². The van der Waals surface area contributed by atoms with Crippen LogP contribution in [-0.4, -0.2) is 142 Å². The van der Waals surface area contributed by atoms with E-state index >= 15 is 0 Å². The van der Waals surface area contributed by atoms with Crippen LogP contribution >= 0.6 is 0 Å². The quantitative estimate of drug-likeness (QED) is 0.0762. The van der Waals surface area contributed by atoms with Gasteiger partial charge in [0, 0.05) is 30.6 Å². The van der Waals surface area contributed by atoms with Gasteiger partial charge in [-0.15, -0.1) is 0 Å². The Labute approximate surface area is 253 Å². The number of carboxylic acid groups (broad SMARTS) is 1. The number of aliphatic hydroxyl groups excluding tert-OH is 9. The smallest absolute Gasteiger partial charge is 0.330 e. The van der Waals surface area contributed by atoms with Crippen molar-refractivity contribution in [2.45, 2.75) is 46.0 Å². The van der Waals surface area contributed by atoms with Crippen LogP contribution in [0.4, 0.5) is 0 Å². The average Bonchev–Trinajstić information content (AvgIpc) is 3.29. The molecule has 0 aromatic carbocycles. The summed E-state index contributed by atoms with van der Waals surface area (Å²) in [4.78, 5) is 30.6. The minimum atomic E-state index is -1.11. The van der Waals surface area contributed by atoms with E-state index in [1.165, 1.54) is 6.92 Å². The second kappa shape index (κ2) is 31.0. The van der Waals surface area contributed by atoms with Crippen molar-refractivity contribution in [3.8, 4) is 0 Å². The zero-order valence-corrected chi connectivity index (χ0v) is 25.4. The number of hydrogen-bond donors (Lipinski definition) is 10. The molecular weight excluding hydrogens is 576 g/mol. The third-order valence-corrected chi connectivity index (χ3v) is 5.80. The molecule has 43 heavy (non-hydrogen) atoms. The Balaban J connectivity index is -0.000000224. The predicted molar refractivity (Wildman–Crippen MR) is 155 cm³/mol. The molecule has 0 saturated carbocycles. The summed E-state index contributed by atoms with van der Waals surface area (Å²) in [5.41, 5.74) is -2.05. The van der Waals surface area contributed by atoms with E-state index in [-0.39, 0.29) is 30.7 Å². The lowest BCUT2D eigenvalue weighted by molar-refractivity contribution is -0.143. The monoisotopic (exact) mass is 630 g/mol. The number of carbonyl (C=O) groups excluding carboxylic acids is 2. The second-order valence-electron chi connectivity index (χ2n) is 9.67. The van der Waals surface area contributed by atoms with Crippen LogP contribution in [0.15, 0.2) is 24.8 Å². The summed E-state index contributed by atoms with van der Waals surface area (Å²) >= 11 is 0. The number of ether oxygens (including phenoxy) is 2. The average molecular weight is 631 g/mol. The fourth-order valence-corrected chi connectivity index (χ4v) is 1.96. The lowest BCUT2D eigenvalue weighted by Crippen LogP contribution is -2.37. The van der Waals surface area contributed by atoms with Gasteiger partial charge in [-0.2, -0.15) is 0 Å². The standard InChI is InChI=1S/C8H14O3.C6H10O2.2C5H12O4.C4H6O2/c1-3-7(5-9)6-11-8(10)4-2;7-6-4-2-1-3-5-8-6;2*6-1-5(2-7,3-8)4-9;1-3(2)4(5)6/h4,7,9H,2-3,5-6H2,1H3;1-5H2;2*6-9H,1-4H2;1H2,2H3,(H,5,6). The highest BCUT2D eigenvalue weighted by molar-refractivity contribution is 5.84. The number of cyclic esters (lactones) is 1. The molecule has 10 N–H and O–H groups in total. The number of carbonyl (C=O) groups is 3. The van der Waals surface area contributed by atoms with Crippen molar-refractivity contribution in [1.82, 2.24) is 0 Å². The van der Waals surface area contributed by atoms with Crippen molar-refractivity contribution in [1.29, 1.82) is 0 Å². The third-order valence-electron chi connectivity index (χ3n) is 5.80. The Hall–Kier alpha value is -2.47. The first kappa shape index (κ1) is 47.5. The van der Waals surface area contributed by atoms with Crippen LogP contribution in [-0.2, 0) is 23.9 Å². The van der Waals surface area contributed by atoms with Gasteiger partial charge in [0.2, 0.25) is 0 Å². The van der Waals surface area contributed by atoms with Gasteiger partial charge in [0.25, 0.3) is 0 Å². The Kier molecular flexibility index (Phi) is 34.2. The fraction of sp³-hybridized carbons (Fsp3) is 0.750. The molecule has 0 spiro atoms. The molecule has 1 saturated heterocycles. The number of hydrogen-bond acceptors (Lipinski definition) is 14. The summed E-state index contributed by atoms with van der Waals surface area (Å²) in [6.45, 7) is 7.51. The van der Waals surface area contributed by atoms with E-state index in [1.54, 1.807) is 0 Å². The maximum absolute atomic E-state index is 10.5. The van der Waals surface area contributed by atoms with Crippen LogP contribution in [0.1, 0.15) is 46.0 Å². The Bertz CT molecular complexity index is 638. The predicted octanol–water partition coefficient (Wildman–Crippen LogP) is -1.63. The van der Waals surface area contributed by atoms with E-state index < -0.39 is 75.6 Å². The molecule has 0 radical (unpaired) electrons. The molecule has 1 heterocycles. The van der Waals surface area contributed by atoms with Gasteiger partial charge >= 0.3 is 17.9 Å². The van der Waals surface area contributed by atoms with Crippen molar-refractivity contribution in [2.24, 2.45) is 16.7 Å². The molecule has 1 atom stereocenters. The van der Waals surface area contributed by atoms with E-state index in [9.17, 15) is 14.4 Å². The van der Waals surface area contributed by atoms with Gasteiger partial charge in [0.15, 0.2) is 0 Å². The molecule has 0 bridgehead atoms. The van der Waals surface area contributed by atoms with Crippen LogP contribution in [0, 0.1) is 16.7 Å². The van der Waals surface area contributed by atoms with Crippen molar-refractivity contribution in [3.63, 3.8) is 0 Å². The summed E-state index contributed by atoms with van der Waals surface area (Å²) in [5, 5.41) is 84.6. The lowest BCUT2D eigenvalue weighted by atomic mass is 9.93. The van der Waals surface area contributed by atoms with Gasteiger partial charge in [-0.05, 0) is 32.6 Å². The Morgan fingerprint density at radius 2 is 1.26 bits per heavy atom. The molecule has 0 aromatic heterocycles. The molecular formula is C28H54O15. The van der Waals surface area contributed by atoms with Gasteiger partial charge in [0.1, 0.15) is 0 Å². The lowest BCUT2D eigenvalue weighted by Gasteiger charge is -2.23. The van der Waals surface area contributed by atoms with Crippen LogP contribution < -0.4 is 0 Å². The summed E-state index contributed by atoms with van der Waals surface area (Å²) < 4.78 is 9.48. The Morgan fingerprint density at radius 3 is 1.51 bits per heavy atom. The van der Waals surface area contributed by atoms with E-state index in [4.69, 9.17) is 60.5 Å². The van der Waals surface area contributed by atoms with Crippen LogP contribution in [0.5, 0.6) is 0 Å². The Morgan fingerprint density at radius 1 is 0.860 bits per heavy atom. The van der Waals surface area contributed by atoms with Gasteiger partial charge in [0.05, 0.1) is 76.9 Å². The molecule has 1 fully saturated rings. The normalized spacial score (nSPS) is 13.2. The maximum atomic E-state index is 10.5. The molecule has 15 heteroatoms.